The van der Waals surface area contributed by atoms with Crippen molar-refractivity contribution >= 4 is 35.0 Å². The number of carbonyl (C=O) groups excluding carboxylic acids is 2. The average Bonchev–Trinajstić information content (AvgIpc) is 3.38. The van der Waals surface area contributed by atoms with Gasteiger partial charge in [-0.1, -0.05) is 24.3 Å². The summed E-state index contributed by atoms with van der Waals surface area (Å²) in [5, 5.41) is 2.93. The second kappa shape index (κ2) is 6.56. The quantitative estimate of drug-likeness (QED) is 0.900. The number of nitrogens with one attached hydrogen (secondary N) is 1. The van der Waals surface area contributed by atoms with Crippen molar-refractivity contribution in [3.8, 4) is 0 Å². The topological polar surface area (TPSA) is 49.4 Å². The van der Waals surface area contributed by atoms with Crippen LogP contribution in [0.15, 0.2) is 48.5 Å². The van der Waals surface area contributed by atoms with Crippen LogP contribution in [0.1, 0.15) is 29.3 Å². The first-order valence-electron chi connectivity index (χ1n) is 8.53. The number of nitrogens with zero attached hydrogens (tertiary/aromatic N) is 1. The molecular weight excluding hydrogens is 332 g/mol. The number of carbonyl (C=O) groups is 2. The molecule has 0 unspecified atom stereocenters. The molecular formula is C20H20N2O2S. The second-order valence-corrected chi connectivity index (χ2v) is 7.72. The molecule has 1 saturated heterocycles. The van der Waals surface area contributed by atoms with Crippen LogP contribution in [0, 0.1) is 12.8 Å². The molecule has 2 aliphatic rings. The number of benzene rings is 2. The molecule has 2 fully saturated rings. The van der Waals surface area contributed by atoms with Gasteiger partial charge in [0.15, 0.2) is 0 Å². The van der Waals surface area contributed by atoms with Crippen LogP contribution in [0.25, 0.3) is 0 Å². The minimum absolute atomic E-state index is 0.0629. The summed E-state index contributed by atoms with van der Waals surface area (Å²) in [6, 6.07) is 15.9. The van der Waals surface area contributed by atoms with Crippen molar-refractivity contribution < 1.29 is 9.59 Å². The number of amides is 2. The zero-order valence-corrected chi connectivity index (χ0v) is 14.9. The highest BCUT2D eigenvalue weighted by Gasteiger charge is 2.34. The van der Waals surface area contributed by atoms with Crippen LogP contribution in [0.4, 0.5) is 11.4 Å². The fraction of sp³-hybridized carbons (Fsp3) is 0.300. The minimum Gasteiger partial charge on any atom is -0.326 e. The van der Waals surface area contributed by atoms with E-state index in [4.69, 9.17) is 0 Å². The van der Waals surface area contributed by atoms with Crippen molar-refractivity contribution in [2.45, 2.75) is 25.1 Å². The Morgan fingerprint density at radius 2 is 1.96 bits per heavy atom. The number of rotatable bonds is 4. The van der Waals surface area contributed by atoms with Crippen LogP contribution in [-0.4, -0.2) is 17.6 Å². The van der Waals surface area contributed by atoms with E-state index >= 15 is 0 Å². The van der Waals surface area contributed by atoms with E-state index in [1.807, 2.05) is 60.4 Å². The van der Waals surface area contributed by atoms with Crippen LogP contribution in [0.2, 0.25) is 0 Å². The number of hydrogen-bond donors (Lipinski definition) is 1. The van der Waals surface area contributed by atoms with Crippen molar-refractivity contribution in [2.75, 3.05) is 16.0 Å². The van der Waals surface area contributed by atoms with Crippen LogP contribution in [0.3, 0.4) is 0 Å². The molecule has 2 aromatic carbocycles. The number of thioether (sulfide) groups is 1. The normalized spacial score (nSPS) is 20.0. The first-order valence-corrected chi connectivity index (χ1v) is 9.58. The smallest absolute Gasteiger partial charge is 0.238 e. The van der Waals surface area contributed by atoms with Gasteiger partial charge in [-0.15, -0.1) is 11.8 Å². The zero-order chi connectivity index (χ0) is 17.4. The molecule has 0 radical (unpaired) electrons. The predicted octanol–water partition coefficient (Wildman–Crippen LogP) is 4.12. The second-order valence-electron chi connectivity index (χ2n) is 6.66. The molecule has 1 saturated carbocycles. The Morgan fingerprint density at radius 1 is 1.16 bits per heavy atom. The third-order valence-electron chi connectivity index (χ3n) is 4.54. The minimum atomic E-state index is -0.0629. The summed E-state index contributed by atoms with van der Waals surface area (Å²) in [5.41, 5.74) is 3.89. The molecule has 1 aliphatic heterocycles. The molecule has 1 aliphatic carbocycles. The first-order chi connectivity index (χ1) is 12.1. The summed E-state index contributed by atoms with van der Waals surface area (Å²) in [6.45, 7) is 2.03. The van der Waals surface area contributed by atoms with Crippen LogP contribution in [0.5, 0.6) is 0 Å². The lowest BCUT2D eigenvalue weighted by molar-refractivity contribution is -0.117. The van der Waals surface area contributed by atoms with E-state index in [0.29, 0.717) is 5.75 Å². The van der Waals surface area contributed by atoms with Gasteiger partial charge < -0.3 is 5.32 Å². The van der Waals surface area contributed by atoms with Gasteiger partial charge in [0.05, 0.1) is 5.75 Å². The molecule has 2 aromatic rings. The Hall–Kier alpha value is -2.27. The first kappa shape index (κ1) is 16.2. The summed E-state index contributed by atoms with van der Waals surface area (Å²) >= 11 is 1.62. The van der Waals surface area contributed by atoms with Crippen LogP contribution < -0.4 is 10.2 Å². The summed E-state index contributed by atoms with van der Waals surface area (Å²) in [7, 11) is 0. The maximum atomic E-state index is 12.5. The third-order valence-corrected chi connectivity index (χ3v) is 5.75. The highest BCUT2D eigenvalue weighted by Crippen LogP contribution is 2.42. The predicted molar refractivity (Wildman–Crippen MR) is 102 cm³/mol. The molecule has 4 nitrogen and oxygen atoms in total. The van der Waals surface area contributed by atoms with Crippen LogP contribution >= 0.6 is 11.8 Å². The van der Waals surface area contributed by atoms with E-state index in [9.17, 15) is 9.59 Å². The monoisotopic (exact) mass is 352 g/mol. The van der Waals surface area contributed by atoms with Gasteiger partial charge in [-0.05, 0) is 55.2 Å². The maximum Gasteiger partial charge on any atom is 0.238 e. The lowest BCUT2D eigenvalue weighted by atomic mass is 10.1. The van der Waals surface area contributed by atoms with E-state index in [1.54, 1.807) is 11.8 Å². The van der Waals surface area contributed by atoms with E-state index in [-0.39, 0.29) is 23.1 Å². The molecule has 0 aromatic heterocycles. The Bertz CT molecular complexity index is 832. The maximum absolute atomic E-state index is 12.5. The molecule has 1 heterocycles. The van der Waals surface area contributed by atoms with E-state index in [2.05, 4.69) is 5.32 Å². The van der Waals surface area contributed by atoms with Crippen molar-refractivity contribution in [3.63, 3.8) is 0 Å². The molecule has 2 amide bonds. The highest BCUT2D eigenvalue weighted by molar-refractivity contribution is 8.00. The number of aryl methyl sites for hydroxylation is 1. The largest absolute Gasteiger partial charge is 0.326 e. The third kappa shape index (κ3) is 3.42. The number of hydrogen-bond acceptors (Lipinski definition) is 3. The Labute approximate surface area is 151 Å². The zero-order valence-electron chi connectivity index (χ0n) is 14.1. The Balaban J connectivity index is 1.61. The lowest BCUT2D eigenvalue weighted by Crippen LogP contribution is -2.27. The number of anilines is 2. The molecule has 4 rings (SSSR count). The molecule has 25 heavy (non-hydrogen) atoms. The summed E-state index contributed by atoms with van der Waals surface area (Å²) in [4.78, 5) is 26.3. The Morgan fingerprint density at radius 3 is 2.72 bits per heavy atom. The molecule has 0 bridgehead atoms. The molecule has 1 N–H and O–H groups in total. The molecule has 5 heteroatoms. The fourth-order valence-corrected chi connectivity index (χ4v) is 4.25. The summed E-state index contributed by atoms with van der Waals surface area (Å²) in [5.74, 6) is 0.864. The van der Waals surface area contributed by atoms with Gasteiger partial charge in [0.25, 0.3) is 0 Å². The van der Waals surface area contributed by atoms with Gasteiger partial charge in [0, 0.05) is 17.3 Å². The van der Waals surface area contributed by atoms with Crippen molar-refractivity contribution in [1.29, 1.82) is 0 Å². The Kier molecular flexibility index (Phi) is 4.25. The van der Waals surface area contributed by atoms with Crippen molar-refractivity contribution in [1.82, 2.24) is 0 Å². The van der Waals surface area contributed by atoms with Gasteiger partial charge in [0.2, 0.25) is 11.8 Å². The van der Waals surface area contributed by atoms with Gasteiger partial charge >= 0.3 is 0 Å². The van der Waals surface area contributed by atoms with Crippen LogP contribution in [-0.2, 0) is 9.59 Å². The van der Waals surface area contributed by atoms with Crippen molar-refractivity contribution in [3.05, 3.63) is 59.7 Å². The van der Waals surface area contributed by atoms with Crippen molar-refractivity contribution in [2.24, 2.45) is 5.92 Å². The molecule has 1 atom stereocenters. The lowest BCUT2D eigenvalue weighted by Gasteiger charge is -2.25. The SMILES string of the molecule is Cc1cccc(N2C(=O)CS[C@@H]2c2cccc(NC(=O)C3CC3)c2)c1. The summed E-state index contributed by atoms with van der Waals surface area (Å²) < 4.78 is 0. The fourth-order valence-electron chi connectivity index (χ4n) is 3.09. The van der Waals surface area contributed by atoms with Gasteiger partial charge in [-0.2, -0.15) is 0 Å². The van der Waals surface area contributed by atoms with E-state index < -0.39 is 0 Å². The average molecular weight is 352 g/mol. The highest BCUT2D eigenvalue weighted by atomic mass is 32.2. The molecule has 0 spiro atoms. The van der Waals surface area contributed by atoms with E-state index in [1.165, 1.54) is 0 Å². The van der Waals surface area contributed by atoms with Gasteiger partial charge in [-0.25, -0.2) is 0 Å². The van der Waals surface area contributed by atoms with Gasteiger partial charge in [-0.3, -0.25) is 14.5 Å². The standard InChI is InChI=1S/C20H20N2O2S/c1-13-4-2-7-17(10-13)22-18(23)12-25-20(22)15-5-3-6-16(11-15)21-19(24)14-8-9-14/h2-7,10-11,14,20H,8-9,12H2,1H3,(H,21,24)/t20-/m1/s1. The molecule has 128 valence electrons. The van der Waals surface area contributed by atoms with E-state index in [0.717, 1.165) is 35.3 Å². The summed E-state index contributed by atoms with van der Waals surface area (Å²) in [6.07, 6.45) is 1.97. The van der Waals surface area contributed by atoms with Gasteiger partial charge in [0.1, 0.15) is 5.37 Å².